The molecule has 100 valence electrons. The Bertz CT molecular complexity index is 392. The van der Waals surface area contributed by atoms with Crippen molar-refractivity contribution in [3.05, 3.63) is 35.9 Å². The van der Waals surface area contributed by atoms with Crippen LogP contribution in [0.4, 0.5) is 13.2 Å². The van der Waals surface area contributed by atoms with Gasteiger partial charge in [0.25, 0.3) is 0 Å². The van der Waals surface area contributed by atoms with Crippen LogP contribution in [0.3, 0.4) is 0 Å². The van der Waals surface area contributed by atoms with E-state index in [1.807, 2.05) is 0 Å². The topological polar surface area (TPSA) is 40.5 Å². The van der Waals surface area contributed by atoms with E-state index in [9.17, 15) is 18.0 Å². The highest BCUT2D eigenvalue weighted by molar-refractivity contribution is 5.75. The van der Waals surface area contributed by atoms with Gasteiger partial charge in [-0.05, 0) is 12.1 Å². The van der Waals surface area contributed by atoms with Crippen molar-refractivity contribution in [2.24, 2.45) is 0 Å². The average molecular weight is 261 g/mol. The molecule has 18 heavy (non-hydrogen) atoms. The summed E-state index contributed by atoms with van der Waals surface area (Å²) in [7, 11) is 0. The van der Waals surface area contributed by atoms with Crippen molar-refractivity contribution in [3.8, 4) is 0 Å². The van der Waals surface area contributed by atoms with Crippen LogP contribution in [0.15, 0.2) is 30.3 Å². The van der Waals surface area contributed by atoms with Gasteiger partial charge in [0.1, 0.15) is 6.04 Å². The molecular formula is C12H14F3NO2. The first kappa shape index (κ1) is 14.5. The van der Waals surface area contributed by atoms with E-state index in [1.54, 1.807) is 18.2 Å². The lowest BCUT2D eigenvalue weighted by atomic mass is 10.1. The lowest BCUT2D eigenvalue weighted by Crippen LogP contribution is -2.40. The number of carbonyl (C=O) groups is 1. The Hall–Kier alpha value is -1.56. The molecule has 0 aromatic heterocycles. The first-order valence-corrected chi connectivity index (χ1v) is 5.43. The van der Waals surface area contributed by atoms with Gasteiger partial charge in [0, 0.05) is 0 Å². The van der Waals surface area contributed by atoms with E-state index in [1.165, 1.54) is 19.1 Å². The Balaban J connectivity index is 3.00. The molecule has 0 aliphatic heterocycles. The van der Waals surface area contributed by atoms with E-state index in [2.05, 4.69) is 0 Å². The number of rotatable bonds is 5. The Kier molecular flexibility index (Phi) is 4.72. The molecule has 1 aromatic carbocycles. The summed E-state index contributed by atoms with van der Waals surface area (Å²) in [6, 6.07) is 6.63. The lowest BCUT2D eigenvalue weighted by molar-refractivity contribution is -0.161. The first-order valence-electron chi connectivity index (χ1n) is 5.43. The summed E-state index contributed by atoms with van der Waals surface area (Å²) in [6.45, 7) is 0.269. The second kappa shape index (κ2) is 5.86. The van der Waals surface area contributed by atoms with Gasteiger partial charge in [-0.1, -0.05) is 37.3 Å². The Morgan fingerprint density at radius 3 is 2.28 bits per heavy atom. The van der Waals surface area contributed by atoms with Crippen molar-refractivity contribution >= 4 is 5.97 Å². The zero-order valence-corrected chi connectivity index (χ0v) is 9.81. The molecule has 1 rings (SSSR count). The molecule has 1 aromatic rings. The molecule has 6 heteroatoms. The molecule has 1 N–H and O–H groups in total. The van der Waals surface area contributed by atoms with Crippen LogP contribution in [0.5, 0.6) is 0 Å². The number of carboxylic acid groups (broad SMARTS) is 1. The fraction of sp³-hybridized carbons (Fsp3) is 0.417. The summed E-state index contributed by atoms with van der Waals surface area (Å²) in [4.78, 5) is 12.1. The molecule has 0 heterocycles. The minimum absolute atomic E-state index is 0.00533. The smallest absolute Gasteiger partial charge is 0.401 e. The third-order valence-corrected chi connectivity index (χ3v) is 2.50. The molecule has 0 saturated heterocycles. The number of hydrogen-bond donors (Lipinski definition) is 1. The van der Waals surface area contributed by atoms with Crippen molar-refractivity contribution < 1.29 is 23.1 Å². The molecule has 1 unspecified atom stereocenters. The van der Waals surface area contributed by atoms with Gasteiger partial charge in [0.2, 0.25) is 0 Å². The van der Waals surface area contributed by atoms with Crippen LogP contribution in [0, 0.1) is 0 Å². The van der Waals surface area contributed by atoms with E-state index >= 15 is 0 Å². The zero-order chi connectivity index (χ0) is 13.8. The lowest BCUT2D eigenvalue weighted by Gasteiger charge is -2.28. The molecule has 0 saturated carbocycles. The van der Waals surface area contributed by atoms with Crippen LogP contribution in [0.2, 0.25) is 0 Å². The van der Waals surface area contributed by atoms with Gasteiger partial charge in [-0.15, -0.1) is 0 Å². The molecule has 0 aliphatic rings. The number of likely N-dealkylation sites (N-methyl/N-ethyl adjacent to an activating group) is 1. The third kappa shape index (κ3) is 4.03. The molecule has 0 amide bonds. The van der Waals surface area contributed by atoms with E-state index < -0.39 is 24.7 Å². The van der Waals surface area contributed by atoms with Crippen molar-refractivity contribution in [2.75, 3.05) is 13.1 Å². The highest BCUT2D eigenvalue weighted by atomic mass is 19.4. The van der Waals surface area contributed by atoms with E-state index in [0.717, 1.165) is 4.90 Å². The minimum Gasteiger partial charge on any atom is -0.480 e. The van der Waals surface area contributed by atoms with Crippen LogP contribution in [0.25, 0.3) is 0 Å². The summed E-state index contributed by atoms with van der Waals surface area (Å²) >= 11 is 0. The number of aliphatic carboxylic acids is 1. The largest absolute Gasteiger partial charge is 0.480 e. The fourth-order valence-corrected chi connectivity index (χ4v) is 1.76. The second-order valence-corrected chi connectivity index (χ2v) is 3.83. The van der Waals surface area contributed by atoms with Gasteiger partial charge < -0.3 is 5.11 Å². The number of nitrogens with zero attached hydrogens (tertiary/aromatic N) is 1. The summed E-state index contributed by atoms with van der Waals surface area (Å²) in [5.41, 5.74) is 0.344. The molecular weight excluding hydrogens is 247 g/mol. The van der Waals surface area contributed by atoms with Crippen molar-refractivity contribution in [3.63, 3.8) is 0 Å². The van der Waals surface area contributed by atoms with Gasteiger partial charge in [-0.3, -0.25) is 9.69 Å². The molecule has 0 radical (unpaired) electrons. The maximum atomic E-state index is 12.4. The maximum absolute atomic E-state index is 12.4. The standard InChI is InChI=1S/C12H14F3NO2/c1-2-16(8-12(13,14)15)10(11(17)18)9-6-4-3-5-7-9/h3-7,10H,2,8H2,1H3,(H,17,18). The Morgan fingerprint density at radius 2 is 1.89 bits per heavy atom. The maximum Gasteiger partial charge on any atom is 0.401 e. The predicted octanol–water partition coefficient (Wildman–Crippen LogP) is 2.70. The van der Waals surface area contributed by atoms with Crippen molar-refractivity contribution in [2.45, 2.75) is 19.1 Å². The van der Waals surface area contributed by atoms with Crippen LogP contribution < -0.4 is 0 Å². The quantitative estimate of drug-likeness (QED) is 0.886. The van der Waals surface area contributed by atoms with Crippen molar-refractivity contribution in [1.82, 2.24) is 4.90 Å². The Labute approximate surface area is 103 Å². The van der Waals surface area contributed by atoms with Gasteiger partial charge >= 0.3 is 12.1 Å². The predicted molar refractivity (Wildman–Crippen MR) is 60.1 cm³/mol. The van der Waals surface area contributed by atoms with Gasteiger partial charge in [-0.2, -0.15) is 13.2 Å². The van der Waals surface area contributed by atoms with Crippen LogP contribution >= 0.6 is 0 Å². The van der Waals surface area contributed by atoms with Crippen LogP contribution in [-0.4, -0.2) is 35.2 Å². The first-order chi connectivity index (χ1) is 8.35. The highest BCUT2D eigenvalue weighted by Gasteiger charge is 2.36. The van der Waals surface area contributed by atoms with E-state index in [0.29, 0.717) is 5.56 Å². The number of halogens is 3. The van der Waals surface area contributed by atoms with Crippen molar-refractivity contribution in [1.29, 1.82) is 0 Å². The van der Waals surface area contributed by atoms with Crippen LogP contribution in [0.1, 0.15) is 18.5 Å². The number of hydrogen-bond acceptors (Lipinski definition) is 2. The number of alkyl halides is 3. The SMILES string of the molecule is CCN(CC(F)(F)F)C(C(=O)O)c1ccccc1. The Morgan fingerprint density at radius 1 is 1.33 bits per heavy atom. The van der Waals surface area contributed by atoms with E-state index in [-0.39, 0.29) is 6.54 Å². The average Bonchev–Trinajstić information content (AvgIpc) is 2.27. The summed E-state index contributed by atoms with van der Waals surface area (Å²) in [6.07, 6.45) is -4.42. The normalized spacial score (nSPS) is 13.6. The molecule has 0 spiro atoms. The van der Waals surface area contributed by atoms with Gasteiger partial charge in [0.05, 0.1) is 6.54 Å². The zero-order valence-electron chi connectivity index (χ0n) is 9.81. The second-order valence-electron chi connectivity index (χ2n) is 3.83. The summed E-state index contributed by atoms with van der Waals surface area (Å²) in [5.74, 6) is -1.28. The van der Waals surface area contributed by atoms with Crippen LogP contribution in [-0.2, 0) is 4.79 Å². The van der Waals surface area contributed by atoms with Gasteiger partial charge in [0.15, 0.2) is 0 Å². The monoisotopic (exact) mass is 261 g/mol. The number of benzene rings is 1. The van der Waals surface area contributed by atoms with E-state index in [4.69, 9.17) is 5.11 Å². The fourth-order valence-electron chi connectivity index (χ4n) is 1.76. The number of carboxylic acids is 1. The molecule has 0 fully saturated rings. The molecule has 0 aliphatic carbocycles. The molecule has 1 atom stereocenters. The highest BCUT2D eigenvalue weighted by Crippen LogP contribution is 2.25. The summed E-state index contributed by atoms with van der Waals surface area (Å²) < 4.78 is 37.2. The summed E-state index contributed by atoms with van der Waals surface area (Å²) in [5, 5.41) is 9.12. The molecule has 3 nitrogen and oxygen atoms in total. The molecule has 0 bridgehead atoms. The minimum atomic E-state index is -4.42. The third-order valence-electron chi connectivity index (χ3n) is 2.50. The van der Waals surface area contributed by atoms with Gasteiger partial charge in [-0.25, -0.2) is 0 Å².